The van der Waals surface area contributed by atoms with Gasteiger partial charge in [0.1, 0.15) is 11.2 Å². The lowest BCUT2D eigenvalue weighted by atomic mass is 10.1. The van der Waals surface area contributed by atoms with E-state index in [1.54, 1.807) is 23.6 Å². The standard InChI is InChI=1S/C24H23N3O3S/c1-14-9-15(2)11-19(10-14)27-23(29)22-20(7-8-31-22)26(24(27)30)13-21(28)25-18-6-5-16(3)17(4)12-18/h5-12H,13H2,1-4H3,(H,25,28). The Morgan fingerprint density at radius 1 is 0.935 bits per heavy atom. The summed E-state index contributed by atoms with van der Waals surface area (Å²) in [6.07, 6.45) is 0. The van der Waals surface area contributed by atoms with E-state index in [-0.39, 0.29) is 18.0 Å². The van der Waals surface area contributed by atoms with Gasteiger partial charge in [0, 0.05) is 5.69 Å². The Balaban J connectivity index is 1.80. The van der Waals surface area contributed by atoms with Crippen LogP contribution in [0.15, 0.2) is 57.4 Å². The molecule has 158 valence electrons. The van der Waals surface area contributed by atoms with E-state index in [4.69, 9.17) is 0 Å². The van der Waals surface area contributed by atoms with Gasteiger partial charge < -0.3 is 5.32 Å². The second-order valence-electron chi connectivity index (χ2n) is 7.84. The number of fused-ring (bicyclic) bond motifs is 1. The van der Waals surface area contributed by atoms with Gasteiger partial charge in [0.2, 0.25) is 5.91 Å². The summed E-state index contributed by atoms with van der Waals surface area (Å²) >= 11 is 1.26. The van der Waals surface area contributed by atoms with E-state index in [1.165, 1.54) is 15.9 Å². The average molecular weight is 434 g/mol. The molecule has 2 aromatic carbocycles. The lowest BCUT2D eigenvalue weighted by Gasteiger charge is -2.14. The maximum atomic E-state index is 13.4. The monoisotopic (exact) mass is 433 g/mol. The van der Waals surface area contributed by atoms with Gasteiger partial charge in [-0.05, 0) is 85.7 Å². The van der Waals surface area contributed by atoms with Crippen molar-refractivity contribution < 1.29 is 4.79 Å². The van der Waals surface area contributed by atoms with Crippen molar-refractivity contribution in [2.24, 2.45) is 0 Å². The molecule has 0 atom stereocenters. The van der Waals surface area contributed by atoms with Crippen LogP contribution in [0, 0.1) is 27.7 Å². The molecule has 0 saturated heterocycles. The van der Waals surface area contributed by atoms with E-state index in [1.807, 2.05) is 52.0 Å². The molecule has 1 amide bonds. The smallest absolute Gasteiger partial charge is 0.325 e. The molecule has 0 fully saturated rings. The van der Waals surface area contributed by atoms with Crippen LogP contribution in [0.2, 0.25) is 0 Å². The van der Waals surface area contributed by atoms with Crippen molar-refractivity contribution in [3.05, 3.63) is 90.9 Å². The summed E-state index contributed by atoms with van der Waals surface area (Å²) in [7, 11) is 0. The van der Waals surface area contributed by atoms with Gasteiger partial charge in [-0.3, -0.25) is 14.2 Å². The highest BCUT2D eigenvalue weighted by Crippen LogP contribution is 2.18. The molecular formula is C24H23N3O3S. The highest BCUT2D eigenvalue weighted by molar-refractivity contribution is 7.17. The molecule has 0 saturated carbocycles. The van der Waals surface area contributed by atoms with E-state index in [9.17, 15) is 14.4 Å². The van der Waals surface area contributed by atoms with Crippen LogP contribution in [0.4, 0.5) is 5.69 Å². The predicted molar refractivity (Wildman–Crippen MR) is 126 cm³/mol. The van der Waals surface area contributed by atoms with Crippen molar-refractivity contribution in [2.45, 2.75) is 34.2 Å². The zero-order valence-corrected chi connectivity index (χ0v) is 18.7. The maximum Gasteiger partial charge on any atom is 0.336 e. The Kier molecular flexibility index (Phi) is 5.37. The zero-order chi connectivity index (χ0) is 22.3. The van der Waals surface area contributed by atoms with Crippen LogP contribution in [0.1, 0.15) is 22.3 Å². The van der Waals surface area contributed by atoms with E-state index in [0.29, 0.717) is 21.6 Å². The van der Waals surface area contributed by atoms with Crippen LogP contribution in [0.25, 0.3) is 15.9 Å². The van der Waals surface area contributed by atoms with Crippen LogP contribution in [0.3, 0.4) is 0 Å². The quantitative estimate of drug-likeness (QED) is 0.527. The number of thiophene rings is 1. The van der Waals surface area contributed by atoms with Crippen molar-refractivity contribution >= 4 is 33.1 Å². The van der Waals surface area contributed by atoms with Crippen molar-refractivity contribution in [1.29, 1.82) is 0 Å². The summed E-state index contributed by atoms with van der Waals surface area (Å²) in [4.78, 5) is 39.2. The topological polar surface area (TPSA) is 73.1 Å². The SMILES string of the molecule is Cc1cc(C)cc(-n2c(=O)c3sccc3n(CC(=O)Nc3ccc(C)c(C)c3)c2=O)c1. The van der Waals surface area contributed by atoms with Crippen LogP contribution < -0.4 is 16.6 Å². The van der Waals surface area contributed by atoms with Crippen molar-refractivity contribution in [3.8, 4) is 5.69 Å². The molecule has 4 rings (SSSR count). The molecule has 0 unspecified atom stereocenters. The Morgan fingerprint density at radius 2 is 1.65 bits per heavy atom. The van der Waals surface area contributed by atoms with Gasteiger partial charge in [-0.1, -0.05) is 12.1 Å². The normalized spacial score (nSPS) is 11.1. The van der Waals surface area contributed by atoms with Crippen LogP contribution >= 0.6 is 11.3 Å². The second-order valence-corrected chi connectivity index (χ2v) is 8.75. The number of aryl methyl sites for hydroxylation is 4. The summed E-state index contributed by atoms with van der Waals surface area (Å²) in [6.45, 7) is 7.62. The number of carbonyl (C=O) groups is 1. The minimum atomic E-state index is -0.531. The van der Waals surface area contributed by atoms with E-state index in [2.05, 4.69) is 5.32 Å². The number of nitrogens with zero attached hydrogens (tertiary/aromatic N) is 2. The summed E-state index contributed by atoms with van der Waals surface area (Å²) in [5, 5.41) is 4.61. The van der Waals surface area contributed by atoms with Gasteiger partial charge in [0.05, 0.1) is 11.2 Å². The van der Waals surface area contributed by atoms with Gasteiger partial charge in [0.25, 0.3) is 5.56 Å². The molecule has 0 spiro atoms. The van der Waals surface area contributed by atoms with Crippen molar-refractivity contribution in [1.82, 2.24) is 9.13 Å². The molecule has 2 heterocycles. The molecular weight excluding hydrogens is 410 g/mol. The number of amides is 1. The number of rotatable bonds is 4. The van der Waals surface area contributed by atoms with E-state index >= 15 is 0 Å². The number of aromatic nitrogens is 2. The second kappa shape index (κ2) is 8.00. The number of anilines is 1. The first-order chi connectivity index (χ1) is 14.7. The first-order valence-electron chi connectivity index (χ1n) is 9.93. The number of hydrogen-bond donors (Lipinski definition) is 1. The average Bonchev–Trinajstić information content (AvgIpc) is 3.17. The highest BCUT2D eigenvalue weighted by Gasteiger charge is 2.18. The van der Waals surface area contributed by atoms with Crippen LogP contribution in [-0.2, 0) is 11.3 Å². The number of benzene rings is 2. The fraction of sp³-hybridized carbons (Fsp3) is 0.208. The maximum absolute atomic E-state index is 13.4. The van der Waals surface area contributed by atoms with Gasteiger partial charge in [-0.25, -0.2) is 9.36 Å². The Labute approximate surface area is 183 Å². The third-order valence-electron chi connectivity index (χ3n) is 5.31. The Morgan fingerprint density at radius 3 is 2.32 bits per heavy atom. The molecule has 0 aliphatic rings. The molecule has 0 radical (unpaired) electrons. The molecule has 0 aliphatic heterocycles. The third-order valence-corrected chi connectivity index (χ3v) is 6.20. The lowest BCUT2D eigenvalue weighted by Crippen LogP contribution is -2.40. The third kappa shape index (κ3) is 3.96. The fourth-order valence-electron chi connectivity index (χ4n) is 3.71. The lowest BCUT2D eigenvalue weighted by molar-refractivity contribution is -0.116. The van der Waals surface area contributed by atoms with Crippen LogP contribution in [0.5, 0.6) is 0 Å². The molecule has 1 N–H and O–H groups in total. The molecule has 2 aromatic heterocycles. The van der Waals surface area contributed by atoms with E-state index < -0.39 is 5.69 Å². The molecule has 0 bridgehead atoms. The van der Waals surface area contributed by atoms with Crippen LogP contribution in [-0.4, -0.2) is 15.0 Å². The molecule has 31 heavy (non-hydrogen) atoms. The first-order valence-corrected chi connectivity index (χ1v) is 10.8. The first kappa shape index (κ1) is 20.8. The number of nitrogens with one attached hydrogen (secondary N) is 1. The molecule has 4 aromatic rings. The molecule has 6 nitrogen and oxygen atoms in total. The summed E-state index contributed by atoms with van der Waals surface area (Å²) in [5.41, 5.74) is 4.85. The summed E-state index contributed by atoms with van der Waals surface area (Å²) in [5.74, 6) is -0.330. The largest absolute Gasteiger partial charge is 0.336 e. The molecule has 7 heteroatoms. The summed E-state index contributed by atoms with van der Waals surface area (Å²) < 4.78 is 2.96. The highest BCUT2D eigenvalue weighted by atomic mass is 32.1. The fourth-order valence-corrected chi connectivity index (χ4v) is 4.53. The van der Waals surface area contributed by atoms with Gasteiger partial charge >= 0.3 is 5.69 Å². The zero-order valence-electron chi connectivity index (χ0n) is 17.9. The number of carbonyl (C=O) groups excluding carboxylic acids is 1. The van der Waals surface area contributed by atoms with E-state index in [0.717, 1.165) is 26.8 Å². The van der Waals surface area contributed by atoms with Gasteiger partial charge in [0.15, 0.2) is 0 Å². The van der Waals surface area contributed by atoms with Gasteiger partial charge in [-0.15, -0.1) is 11.3 Å². The van der Waals surface area contributed by atoms with Crippen molar-refractivity contribution in [2.75, 3.05) is 5.32 Å². The minimum absolute atomic E-state index is 0.190. The molecule has 0 aliphatic carbocycles. The minimum Gasteiger partial charge on any atom is -0.325 e. The number of hydrogen-bond acceptors (Lipinski definition) is 4. The Bertz CT molecular complexity index is 1420. The summed E-state index contributed by atoms with van der Waals surface area (Å²) in [6, 6.07) is 13.0. The van der Waals surface area contributed by atoms with Gasteiger partial charge in [-0.2, -0.15) is 0 Å². The predicted octanol–water partition coefficient (Wildman–Crippen LogP) is 4.09. The Hall–Kier alpha value is -3.45. The van der Waals surface area contributed by atoms with Crippen molar-refractivity contribution in [3.63, 3.8) is 0 Å².